The van der Waals surface area contributed by atoms with Crippen molar-refractivity contribution in [3.05, 3.63) is 42.1 Å². The minimum absolute atomic E-state index is 0.259. The third-order valence-electron chi connectivity index (χ3n) is 2.91. The Morgan fingerprint density at radius 3 is 2.17 bits per heavy atom. The van der Waals surface area contributed by atoms with Gasteiger partial charge < -0.3 is 14.8 Å². The van der Waals surface area contributed by atoms with E-state index in [0.717, 1.165) is 12.1 Å². The molecular weight excluding hydrogens is 343 g/mol. The molecule has 0 fully saturated rings. The van der Waals surface area contributed by atoms with Crippen molar-refractivity contribution in [3.8, 4) is 17.0 Å². The zero-order valence-electron chi connectivity index (χ0n) is 11.6. The van der Waals surface area contributed by atoms with Crippen LogP contribution in [0.1, 0.15) is 5.56 Å². The molecule has 0 bridgehead atoms. The Hall–Kier alpha value is -2.27. The number of para-hydroxylation sites is 1. The van der Waals surface area contributed by atoms with Gasteiger partial charge in [0.25, 0.3) is 0 Å². The standard InChI is InChI=1S/C13H8BF6NO3/c15-12(16,17)8-6-21-10(5-9(8)14(22)23)7-3-1-2-4-11(7)24-13(18,19)20/h1-6,22-23H. The zero-order valence-corrected chi connectivity index (χ0v) is 11.6. The highest BCUT2D eigenvalue weighted by molar-refractivity contribution is 6.59. The maximum Gasteiger partial charge on any atom is 0.573 e. The average molecular weight is 351 g/mol. The first-order chi connectivity index (χ1) is 11.0. The lowest BCUT2D eigenvalue weighted by Gasteiger charge is -2.15. The third kappa shape index (κ3) is 4.17. The van der Waals surface area contributed by atoms with Gasteiger partial charge in [-0.1, -0.05) is 12.1 Å². The highest BCUT2D eigenvalue weighted by Crippen LogP contribution is 2.34. The summed E-state index contributed by atoms with van der Waals surface area (Å²) in [5, 5.41) is 18.2. The normalized spacial score (nSPS) is 12.2. The summed E-state index contributed by atoms with van der Waals surface area (Å²) < 4.78 is 79.4. The second-order valence-electron chi connectivity index (χ2n) is 4.57. The molecule has 0 aliphatic carbocycles. The Balaban J connectivity index is 2.57. The number of nitrogens with zero attached hydrogens (tertiary/aromatic N) is 1. The van der Waals surface area contributed by atoms with Crippen molar-refractivity contribution in [1.29, 1.82) is 0 Å². The van der Waals surface area contributed by atoms with Gasteiger partial charge in [-0.25, -0.2) is 0 Å². The first kappa shape index (κ1) is 18.1. The number of pyridine rings is 1. The molecule has 2 rings (SSSR count). The molecule has 0 saturated heterocycles. The first-order valence-corrected chi connectivity index (χ1v) is 6.27. The Morgan fingerprint density at radius 2 is 1.62 bits per heavy atom. The SMILES string of the molecule is OB(O)c1cc(-c2ccccc2OC(F)(F)F)ncc1C(F)(F)F. The second kappa shape index (κ2) is 6.32. The first-order valence-electron chi connectivity index (χ1n) is 6.27. The largest absolute Gasteiger partial charge is 0.573 e. The topological polar surface area (TPSA) is 62.6 Å². The Morgan fingerprint density at radius 1 is 1.00 bits per heavy atom. The number of hydrogen-bond donors (Lipinski definition) is 2. The fourth-order valence-corrected chi connectivity index (χ4v) is 1.96. The number of alkyl halides is 6. The van der Waals surface area contributed by atoms with E-state index in [1.807, 2.05) is 0 Å². The Bertz CT molecular complexity index is 732. The summed E-state index contributed by atoms with van der Waals surface area (Å²) in [7, 11) is -2.49. The van der Waals surface area contributed by atoms with Gasteiger partial charge in [0, 0.05) is 11.8 Å². The molecule has 2 N–H and O–H groups in total. The lowest BCUT2D eigenvalue weighted by molar-refractivity contribution is -0.274. The number of hydrogen-bond acceptors (Lipinski definition) is 4. The lowest BCUT2D eigenvalue weighted by atomic mass is 9.77. The lowest BCUT2D eigenvalue weighted by Crippen LogP contribution is -2.36. The minimum Gasteiger partial charge on any atom is -0.423 e. The highest BCUT2D eigenvalue weighted by Gasteiger charge is 2.37. The molecule has 0 atom stereocenters. The van der Waals surface area contributed by atoms with Gasteiger partial charge in [-0.05, 0) is 23.7 Å². The molecule has 24 heavy (non-hydrogen) atoms. The molecule has 4 nitrogen and oxygen atoms in total. The molecule has 2 aromatic rings. The van der Waals surface area contributed by atoms with Crippen LogP contribution in [-0.4, -0.2) is 28.5 Å². The molecule has 1 aromatic heterocycles. The smallest absolute Gasteiger partial charge is 0.423 e. The van der Waals surface area contributed by atoms with E-state index in [4.69, 9.17) is 10.0 Å². The average Bonchev–Trinajstić information content (AvgIpc) is 2.44. The van der Waals surface area contributed by atoms with Gasteiger partial charge in [-0.15, -0.1) is 13.2 Å². The van der Waals surface area contributed by atoms with Crippen LogP contribution in [0.4, 0.5) is 26.3 Å². The maximum atomic E-state index is 12.8. The van der Waals surface area contributed by atoms with E-state index in [9.17, 15) is 26.3 Å². The highest BCUT2D eigenvalue weighted by atomic mass is 19.4. The van der Waals surface area contributed by atoms with Crippen molar-refractivity contribution in [2.75, 3.05) is 0 Å². The van der Waals surface area contributed by atoms with Crippen LogP contribution in [-0.2, 0) is 6.18 Å². The van der Waals surface area contributed by atoms with Crippen LogP contribution >= 0.6 is 0 Å². The van der Waals surface area contributed by atoms with Crippen molar-refractivity contribution in [1.82, 2.24) is 4.98 Å². The van der Waals surface area contributed by atoms with E-state index >= 15 is 0 Å². The number of ether oxygens (including phenoxy) is 1. The van der Waals surface area contributed by atoms with Gasteiger partial charge in [-0.2, -0.15) is 13.2 Å². The van der Waals surface area contributed by atoms with Crippen molar-refractivity contribution < 1.29 is 41.1 Å². The number of aromatic nitrogens is 1. The molecule has 128 valence electrons. The minimum atomic E-state index is -5.01. The van der Waals surface area contributed by atoms with Crippen LogP contribution in [0.25, 0.3) is 11.3 Å². The maximum absolute atomic E-state index is 12.8. The van der Waals surface area contributed by atoms with Gasteiger partial charge in [-0.3, -0.25) is 4.98 Å². The van der Waals surface area contributed by atoms with Crippen molar-refractivity contribution in [2.45, 2.75) is 12.5 Å². The molecule has 0 spiro atoms. The van der Waals surface area contributed by atoms with Gasteiger partial charge in [0.1, 0.15) is 5.75 Å². The monoisotopic (exact) mass is 351 g/mol. The van der Waals surface area contributed by atoms with Crippen molar-refractivity contribution in [3.63, 3.8) is 0 Å². The molecule has 0 saturated carbocycles. The van der Waals surface area contributed by atoms with E-state index in [2.05, 4.69) is 9.72 Å². The summed E-state index contributed by atoms with van der Waals surface area (Å²) in [6.07, 6.45) is -9.61. The Labute approximate surface area is 131 Å². The van der Waals surface area contributed by atoms with Gasteiger partial charge in [0.15, 0.2) is 0 Å². The van der Waals surface area contributed by atoms with E-state index in [0.29, 0.717) is 12.3 Å². The number of rotatable bonds is 3. The molecule has 0 amide bonds. The van der Waals surface area contributed by atoms with E-state index < -0.39 is 36.4 Å². The molecule has 1 heterocycles. The van der Waals surface area contributed by atoms with Crippen LogP contribution in [0.5, 0.6) is 5.75 Å². The fourth-order valence-electron chi connectivity index (χ4n) is 1.96. The Kier molecular flexibility index (Phi) is 4.76. The fraction of sp³-hybridized carbons (Fsp3) is 0.154. The van der Waals surface area contributed by atoms with Gasteiger partial charge >= 0.3 is 19.7 Å². The van der Waals surface area contributed by atoms with Crippen molar-refractivity contribution in [2.24, 2.45) is 0 Å². The molecular formula is C13H8BF6NO3. The van der Waals surface area contributed by atoms with Crippen molar-refractivity contribution >= 4 is 12.6 Å². The third-order valence-corrected chi connectivity index (χ3v) is 2.91. The predicted octanol–water partition coefficient (Wildman–Crippen LogP) is 2.35. The van der Waals surface area contributed by atoms with E-state index in [1.165, 1.54) is 12.1 Å². The molecule has 11 heteroatoms. The summed E-state index contributed by atoms with van der Waals surface area (Å²) in [5.41, 5.74) is -2.94. The summed E-state index contributed by atoms with van der Waals surface area (Å²) >= 11 is 0. The van der Waals surface area contributed by atoms with Crippen LogP contribution in [0.2, 0.25) is 0 Å². The molecule has 0 radical (unpaired) electrons. The summed E-state index contributed by atoms with van der Waals surface area (Å²) in [5.74, 6) is -0.685. The second-order valence-corrected chi connectivity index (χ2v) is 4.57. The van der Waals surface area contributed by atoms with Gasteiger partial charge in [0.2, 0.25) is 0 Å². The van der Waals surface area contributed by atoms with E-state index in [-0.39, 0.29) is 11.3 Å². The predicted molar refractivity (Wildman–Crippen MR) is 71.2 cm³/mol. The molecule has 0 unspecified atom stereocenters. The molecule has 0 aliphatic rings. The molecule has 1 aromatic carbocycles. The molecule has 0 aliphatic heterocycles. The number of halogens is 6. The quantitative estimate of drug-likeness (QED) is 0.658. The summed E-state index contributed by atoms with van der Waals surface area (Å²) in [4.78, 5) is 3.46. The van der Waals surface area contributed by atoms with Crippen LogP contribution in [0, 0.1) is 0 Å². The summed E-state index contributed by atoms with van der Waals surface area (Å²) in [6.45, 7) is 0. The van der Waals surface area contributed by atoms with E-state index in [1.54, 1.807) is 0 Å². The number of benzene rings is 1. The summed E-state index contributed by atoms with van der Waals surface area (Å²) in [6, 6.07) is 5.30. The van der Waals surface area contributed by atoms with Crippen LogP contribution in [0.3, 0.4) is 0 Å². The van der Waals surface area contributed by atoms with Gasteiger partial charge in [0.05, 0.1) is 11.3 Å². The zero-order chi connectivity index (χ0) is 18.1. The van der Waals surface area contributed by atoms with Crippen LogP contribution < -0.4 is 10.2 Å². The van der Waals surface area contributed by atoms with Crippen LogP contribution in [0.15, 0.2) is 36.5 Å².